The first-order valence-electron chi connectivity index (χ1n) is 7.77. The Labute approximate surface area is 173 Å². The van der Waals surface area contributed by atoms with E-state index in [0.29, 0.717) is 30.5 Å². The van der Waals surface area contributed by atoms with Crippen LogP contribution in [0.1, 0.15) is 11.4 Å². The van der Waals surface area contributed by atoms with Crippen LogP contribution in [0.5, 0.6) is 0 Å². The van der Waals surface area contributed by atoms with Gasteiger partial charge in [0, 0.05) is 25.7 Å². The van der Waals surface area contributed by atoms with E-state index in [1.165, 1.54) is 0 Å². The van der Waals surface area contributed by atoms with Crippen molar-refractivity contribution in [3.8, 4) is 11.6 Å². The third-order valence-electron chi connectivity index (χ3n) is 3.59. The summed E-state index contributed by atoms with van der Waals surface area (Å²) in [7, 11) is 3.72. The minimum absolute atomic E-state index is 0. The molecule has 0 saturated carbocycles. The largest absolute Gasteiger partial charge is 0.461 e. The number of aromatic nitrogens is 3. The van der Waals surface area contributed by atoms with Crippen LogP contribution in [0.25, 0.3) is 11.6 Å². The van der Waals surface area contributed by atoms with E-state index in [9.17, 15) is 0 Å². The van der Waals surface area contributed by atoms with Gasteiger partial charge in [-0.2, -0.15) is 0 Å². The SMILES string of the molecule is CN=C(NCc1nc(-c2ccco2)n[nH]1)N(C)Cc1ccc(Cl)cc1.I. The van der Waals surface area contributed by atoms with E-state index >= 15 is 0 Å². The number of H-pyrrole nitrogens is 1. The van der Waals surface area contributed by atoms with Crippen molar-refractivity contribution >= 4 is 41.5 Å². The molecule has 3 rings (SSSR count). The number of aromatic amines is 1. The van der Waals surface area contributed by atoms with Crippen LogP contribution in [-0.2, 0) is 13.1 Å². The number of rotatable bonds is 5. The molecule has 26 heavy (non-hydrogen) atoms. The van der Waals surface area contributed by atoms with Crippen molar-refractivity contribution < 1.29 is 4.42 Å². The molecule has 2 aromatic heterocycles. The number of nitrogens with zero attached hydrogens (tertiary/aromatic N) is 4. The second kappa shape index (κ2) is 9.58. The number of nitrogens with one attached hydrogen (secondary N) is 2. The van der Waals surface area contributed by atoms with Gasteiger partial charge >= 0.3 is 0 Å². The van der Waals surface area contributed by atoms with Crippen molar-refractivity contribution in [3.63, 3.8) is 0 Å². The molecule has 3 aromatic rings. The predicted molar refractivity (Wildman–Crippen MR) is 113 cm³/mol. The van der Waals surface area contributed by atoms with Crippen LogP contribution < -0.4 is 5.32 Å². The molecule has 0 amide bonds. The van der Waals surface area contributed by atoms with E-state index in [1.54, 1.807) is 19.4 Å². The van der Waals surface area contributed by atoms with E-state index in [4.69, 9.17) is 16.0 Å². The first-order valence-corrected chi connectivity index (χ1v) is 8.15. The molecule has 2 heterocycles. The van der Waals surface area contributed by atoms with Gasteiger partial charge in [0.05, 0.1) is 12.8 Å². The number of hydrogen-bond donors (Lipinski definition) is 2. The lowest BCUT2D eigenvalue weighted by atomic mass is 10.2. The quantitative estimate of drug-likeness (QED) is 0.327. The predicted octanol–water partition coefficient (Wildman–Crippen LogP) is 3.54. The number of furan rings is 1. The van der Waals surface area contributed by atoms with Crippen LogP contribution in [0.4, 0.5) is 0 Å². The molecule has 0 bridgehead atoms. The van der Waals surface area contributed by atoms with Gasteiger partial charge in [0.1, 0.15) is 5.82 Å². The smallest absolute Gasteiger partial charge is 0.216 e. The molecule has 0 saturated heterocycles. The highest BCUT2D eigenvalue weighted by Crippen LogP contribution is 2.14. The van der Waals surface area contributed by atoms with Gasteiger partial charge in [-0.1, -0.05) is 23.7 Å². The summed E-state index contributed by atoms with van der Waals surface area (Å²) in [4.78, 5) is 10.7. The second-order valence-corrected chi connectivity index (χ2v) is 5.90. The maximum absolute atomic E-state index is 5.92. The average Bonchev–Trinajstić information content (AvgIpc) is 3.28. The Hall–Kier alpha value is -2.07. The van der Waals surface area contributed by atoms with Gasteiger partial charge in [-0.15, -0.1) is 29.1 Å². The summed E-state index contributed by atoms with van der Waals surface area (Å²) in [5.41, 5.74) is 1.15. The average molecular weight is 487 g/mol. The maximum atomic E-state index is 5.92. The monoisotopic (exact) mass is 486 g/mol. The standard InChI is InChI=1S/C17H19ClN6O.HI/c1-19-17(24(2)11-12-5-7-13(18)8-6-12)20-10-15-21-16(23-22-15)14-4-3-9-25-14;/h3-9H,10-11H2,1-2H3,(H,19,20)(H,21,22,23);1H. The van der Waals surface area contributed by atoms with Crippen molar-refractivity contribution in [1.82, 2.24) is 25.4 Å². The molecule has 7 nitrogen and oxygen atoms in total. The molecule has 1 aromatic carbocycles. The summed E-state index contributed by atoms with van der Waals surface area (Å²) in [6.07, 6.45) is 1.59. The first-order chi connectivity index (χ1) is 12.2. The molecule has 0 aliphatic heterocycles. The molecule has 138 valence electrons. The van der Waals surface area contributed by atoms with Crippen LogP contribution in [0.15, 0.2) is 52.1 Å². The fourth-order valence-electron chi connectivity index (χ4n) is 2.38. The van der Waals surface area contributed by atoms with Crippen molar-refractivity contribution in [2.45, 2.75) is 13.1 Å². The molecule has 0 fully saturated rings. The minimum Gasteiger partial charge on any atom is -0.461 e. The van der Waals surface area contributed by atoms with Crippen LogP contribution in [0.3, 0.4) is 0 Å². The van der Waals surface area contributed by atoms with Gasteiger partial charge in [0.15, 0.2) is 11.7 Å². The Bertz CT molecular complexity index is 831. The highest BCUT2D eigenvalue weighted by atomic mass is 127. The van der Waals surface area contributed by atoms with Gasteiger partial charge in [0.2, 0.25) is 5.82 Å². The summed E-state index contributed by atoms with van der Waals surface area (Å²) in [6, 6.07) is 11.4. The summed E-state index contributed by atoms with van der Waals surface area (Å²) in [5, 5.41) is 11.0. The van der Waals surface area contributed by atoms with E-state index < -0.39 is 0 Å². The minimum atomic E-state index is 0. The number of hydrogen-bond acceptors (Lipinski definition) is 4. The lowest BCUT2D eigenvalue weighted by molar-refractivity contribution is 0.475. The van der Waals surface area contributed by atoms with Gasteiger partial charge in [-0.25, -0.2) is 4.98 Å². The molecule has 0 aliphatic carbocycles. The topological polar surface area (TPSA) is 82.3 Å². The maximum Gasteiger partial charge on any atom is 0.216 e. The van der Waals surface area contributed by atoms with Gasteiger partial charge in [0.25, 0.3) is 0 Å². The zero-order chi connectivity index (χ0) is 17.6. The van der Waals surface area contributed by atoms with E-state index in [2.05, 4.69) is 25.5 Å². The fourth-order valence-corrected chi connectivity index (χ4v) is 2.50. The molecule has 0 aliphatic rings. The van der Waals surface area contributed by atoms with E-state index in [-0.39, 0.29) is 24.0 Å². The Morgan fingerprint density at radius 1 is 1.31 bits per heavy atom. The van der Waals surface area contributed by atoms with Crippen LogP contribution >= 0.6 is 35.6 Å². The Balaban J connectivity index is 0.00000243. The highest BCUT2D eigenvalue weighted by Gasteiger charge is 2.10. The molecule has 2 N–H and O–H groups in total. The zero-order valence-electron chi connectivity index (χ0n) is 14.4. The van der Waals surface area contributed by atoms with Gasteiger partial charge < -0.3 is 14.6 Å². The fraction of sp³-hybridized carbons (Fsp3) is 0.235. The molecule has 0 spiro atoms. The second-order valence-electron chi connectivity index (χ2n) is 5.47. The van der Waals surface area contributed by atoms with Crippen molar-refractivity contribution in [3.05, 3.63) is 59.1 Å². The Morgan fingerprint density at radius 3 is 2.73 bits per heavy atom. The molecule has 0 unspecified atom stereocenters. The highest BCUT2D eigenvalue weighted by molar-refractivity contribution is 14.0. The Kier molecular flexibility index (Phi) is 7.46. The summed E-state index contributed by atoms with van der Waals surface area (Å²) in [6.45, 7) is 1.19. The van der Waals surface area contributed by atoms with Gasteiger partial charge in [-0.3, -0.25) is 10.1 Å². The molecular weight excluding hydrogens is 467 g/mol. The van der Waals surface area contributed by atoms with Gasteiger partial charge in [-0.05, 0) is 29.8 Å². The number of benzene rings is 1. The molecular formula is C17H20ClIN6O. The van der Waals surface area contributed by atoms with Crippen molar-refractivity contribution in [1.29, 1.82) is 0 Å². The number of guanidine groups is 1. The van der Waals surface area contributed by atoms with Crippen LogP contribution in [0.2, 0.25) is 5.02 Å². The van der Waals surface area contributed by atoms with Crippen molar-refractivity contribution in [2.75, 3.05) is 14.1 Å². The van der Waals surface area contributed by atoms with Crippen molar-refractivity contribution in [2.24, 2.45) is 4.99 Å². The lowest BCUT2D eigenvalue weighted by Crippen LogP contribution is -2.38. The third kappa shape index (κ3) is 5.21. The molecule has 9 heteroatoms. The first kappa shape index (κ1) is 20.2. The number of halogens is 2. The van der Waals surface area contributed by atoms with Crippen LogP contribution in [0, 0.1) is 0 Å². The normalized spacial score (nSPS) is 11.1. The Morgan fingerprint density at radius 2 is 2.08 bits per heavy atom. The number of aliphatic imine (C=N–C) groups is 1. The third-order valence-corrected chi connectivity index (χ3v) is 3.85. The van der Waals surface area contributed by atoms with E-state index in [1.807, 2.05) is 42.3 Å². The zero-order valence-corrected chi connectivity index (χ0v) is 17.5. The summed E-state index contributed by atoms with van der Waals surface area (Å²) in [5.74, 6) is 2.62. The summed E-state index contributed by atoms with van der Waals surface area (Å²) >= 11 is 5.92. The summed E-state index contributed by atoms with van der Waals surface area (Å²) < 4.78 is 5.29. The van der Waals surface area contributed by atoms with E-state index in [0.717, 1.165) is 16.5 Å². The molecule has 0 atom stereocenters. The van der Waals surface area contributed by atoms with Crippen LogP contribution in [-0.4, -0.2) is 40.1 Å². The lowest BCUT2D eigenvalue weighted by Gasteiger charge is -2.21. The molecule has 0 radical (unpaired) electrons.